The van der Waals surface area contributed by atoms with E-state index in [0.29, 0.717) is 12.6 Å². The molecule has 1 unspecified atom stereocenters. The van der Waals surface area contributed by atoms with Gasteiger partial charge in [-0.2, -0.15) is 0 Å². The van der Waals surface area contributed by atoms with Gasteiger partial charge in [0.05, 0.1) is 6.61 Å². The molecule has 0 aliphatic rings. The van der Waals surface area contributed by atoms with Gasteiger partial charge in [0.1, 0.15) is 5.75 Å². The highest BCUT2D eigenvalue weighted by Crippen LogP contribution is 2.32. The molecule has 0 aromatic heterocycles. The van der Waals surface area contributed by atoms with Crippen molar-refractivity contribution in [2.75, 3.05) is 13.2 Å². The second-order valence-electron chi connectivity index (χ2n) is 5.10. The standard InChI is InChI=1S/C18H22ClNO.ClH/c1-3-20-14(2)11-12-21-18-10-9-16(19)13-17(18)15-7-5-4-6-8-15;/h4-10,13-14,20H,3,11-12H2,1-2H3;1H. The molecule has 0 radical (unpaired) electrons. The Morgan fingerprint density at radius 3 is 2.55 bits per heavy atom. The fourth-order valence-corrected chi connectivity index (χ4v) is 2.44. The van der Waals surface area contributed by atoms with E-state index in [1.54, 1.807) is 0 Å². The van der Waals surface area contributed by atoms with Crippen LogP contribution in [0.15, 0.2) is 48.5 Å². The van der Waals surface area contributed by atoms with Crippen LogP contribution in [0.4, 0.5) is 0 Å². The summed E-state index contributed by atoms with van der Waals surface area (Å²) in [5, 5.41) is 4.11. The van der Waals surface area contributed by atoms with E-state index in [1.807, 2.05) is 36.4 Å². The molecular formula is C18H23Cl2NO. The SMILES string of the molecule is CCNC(C)CCOc1ccc(Cl)cc1-c1ccccc1.Cl. The van der Waals surface area contributed by atoms with E-state index in [0.717, 1.165) is 34.9 Å². The van der Waals surface area contributed by atoms with Gasteiger partial charge < -0.3 is 10.1 Å². The number of ether oxygens (including phenoxy) is 1. The van der Waals surface area contributed by atoms with Gasteiger partial charge in [-0.1, -0.05) is 48.9 Å². The van der Waals surface area contributed by atoms with Gasteiger partial charge in [-0.25, -0.2) is 0 Å². The van der Waals surface area contributed by atoms with Crippen LogP contribution >= 0.6 is 24.0 Å². The molecule has 0 saturated heterocycles. The Balaban J connectivity index is 0.00000242. The summed E-state index contributed by atoms with van der Waals surface area (Å²) in [6.45, 7) is 5.96. The lowest BCUT2D eigenvalue weighted by atomic mass is 10.0. The van der Waals surface area contributed by atoms with Crippen LogP contribution in [0.5, 0.6) is 5.75 Å². The van der Waals surface area contributed by atoms with Crippen LogP contribution in [-0.2, 0) is 0 Å². The summed E-state index contributed by atoms with van der Waals surface area (Å²) < 4.78 is 5.96. The van der Waals surface area contributed by atoms with Gasteiger partial charge in [-0.15, -0.1) is 12.4 Å². The molecule has 0 aliphatic heterocycles. The van der Waals surface area contributed by atoms with Crippen LogP contribution < -0.4 is 10.1 Å². The van der Waals surface area contributed by atoms with Crippen molar-refractivity contribution in [3.05, 3.63) is 53.6 Å². The zero-order chi connectivity index (χ0) is 15.1. The van der Waals surface area contributed by atoms with Crippen LogP contribution in [0.1, 0.15) is 20.3 Å². The lowest BCUT2D eigenvalue weighted by Gasteiger charge is -2.15. The average molecular weight is 340 g/mol. The van der Waals surface area contributed by atoms with Gasteiger partial charge in [-0.05, 0) is 43.7 Å². The quantitative estimate of drug-likeness (QED) is 0.748. The third-order valence-corrected chi connectivity index (χ3v) is 3.62. The zero-order valence-electron chi connectivity index (χ0n) is 13.0. The Morgan fingerprint density at radius 2 is 1.86 bits per heavy atom. The summed E-state index contributed by atoms with van der Waals surface area (Å²) in [4.78, 5) is 0. The first-order chi connectivity index (χ1) is 10.2. The van der Waals surface area contributed by atoms with Crippen molar-refractivity contribution in [2.24, 2.45) is 0 Å². The third-order valence-electron chi connectivity index (χ3n) is 3.39. The van der Waals surface area contributed by atoms with Crippen molar-refractivity contribution in [2.45, 2.75) is 26.3 Å². The lowest BCUT2D eigenvalue weighted by Crippen LogP contribution is -2.27. The summed E-state index contributed by atoms with van der Waals surface area (Å²) in [7, 11) is 0. The highest BCUT2D eigenvalue weighted by Gasteiger charge is 2.08. The third kappa shape index (κ3) is 5.53. The highest BCUT2D eigenvalue weighted by molar-refractivity contribution is 6.31. The molecule has 0 aliphatic carbocycles. The van der Waals surface area contributed by atoms with Crippen LogP contribution in [0, 0.1) is 0 Å². The summed E-state index contributed by atoms with van der Waals surface area (Å²) in [5.41, 5.74) is 2.16. The van der Waals surface area contributed by atoms with E-state index in [1.165, 1.54) is 0 Å². The fraction of sp³-hybridized carbons (Fsp3) is 0.333. The molecule has 2 aromatic rings. The van der Waals surface area contributed by atoms with Crippen molar-refractivity contribution in [1.29, 1.82) is 0 Å². The first kappa shape index (κ1) is 18.8. The minimum absolute atomic E-state index is 0. The molecule has 1 atom stereocenters. The molecule has 4 heteroatoms. The number of halogens is 2. The van der Waals surface area contributed by atoms with Crippen molar-refractivity contribution in [3.8, 4) is 16.9 Å². The molecule has 0 amide bonds. The minimum atomic E-state index is 0. The number of benzene rings is 2. The topological polar surface area (TPSA) is 21.3 Å². The molecule has 2 aromatic carbocycles. The molecule has 120 valence electrons. The molecule has 1 N–H and O–H groups in total. The maximum absolute atomic E-state index is 6.13. The second kappa shape index (κ2) is 9.73. The van der Waals surface area contributed by atoms with Gasteiger partial charge in [0, 0.05) is 16.6 Å². The highest BCUT2D eigenvalue weighted by atomic mass is 35.5. The molecule has 2 nitrogen and oxygen atoms in total. The smallest absolute Gasteiger partial charge is 0.127 e. The Bertz CT molecular complexity index is 560. The Hall–Kier alpha value is -1.22. The monoisotopic (exact) mass is 339 g/mol. The predicted octanol–water partition coefficient (Wildman–Crippen LogP) is 5.20. The summed E-state index contributed by atoms with van der Waals surface area (Å²) in [6.07, 6.45) is 0.977. The largest absolute Gasteiger partial charge is 0.493 e. The zero-order valence-corrected chi connectivity index (χ0v) is 14.6. The molecule has 0 bridgehead atoms. The first-order valence-electron chi connectivity index (χ1n) is 7.42. The lowest BCUT2D eigenvalue weighted by molar-refractivity contribution is 0.292. The van der Waals surface area contributed by atoms with E-state index < -0.39 is 0 Å². The summed E-state index contributed by atoms with van der Waals surface area (Å²) in [6, 6.07) is 16.4. The summed E-state index contributed by atoms with van der Waals surface area (Å²) >= 11 is 6.13. The maximum atomic E-state index is 6.13. The Labute approximate surface area is 144 Å². The van der Waals surface area contributed by atoms with Crippen LogP contribution in [0.3, 0.4) is 0 Å². The summed E-state index contributed by atoms with van der Waals surface area (Å²) in [5.74, 6) is 0.884. The van der Waals surface area contributed by atoms with E-state index in [9.17, 15) is 0 Å². The van der Waals surface area contributed by atoms with Crippen molar-refractivity contribution < 1.29 is 4.74 Å². The Kier molecular flexibility index (Phi) is 8.32. The molecule has 0 saturated carbocycles. The molecular weight excluding hydrogens is 317 g/mol. The van der Waals surface area contributed by atoms with Crippen molar-refractivity contribution >= 4 is 24.0 Å². The average Bonchev–Trinajstić information content (AvgIpc) is 2.50. The molecule has 0 fully saturated rings. The number of hydrogen-bond donors (Lipinski definition) is 1. The van der Waals surface area contributed by atoms with Crippen molar-refractivity contribution in [3.63, 3.8) is 0 Å². The van der Waals surface area contributed by atoms with E-state index in [4.69, 9.17) is 16.3 Å². The van der Waals surface area contributed by atoms with Gasteiger partial charge in [-0.3, -0.25) is 0 Å². The number of nitrogens with one attached hydrogen (secondary N) is 1. The second-order valence-corrected chi connectivity index (χ2v) is 5.54. The van der Waals surface area contributed by atoms with Gasteiger partial charge in [0.15, 0.2) is 0 Å². The fourth-order valence-electron chi connectivity index (χ4n) is 2.27. The molecule has 0 spiro atoms. The predicted molar refractivity (Wildman–Crippen MR) is 97.4 cm³/mol. The van der Waals surface area contributed by atoms with E-state index >= 15 is 0 Å². The van der Waals surface area contributed by atoms with E-state index in [2.05, 4.69) is 31.3 Å². The normalized spacial score (nSPS) is 11.6. The Morgan fingerprint density at radius 1 is 1.14 bits per heavy atom. The molecule has 22 heavy (non-hydrogen) atoms. The van der Waals surface area contributed by atoms with Gasteiger partial charge >= 0.3 is 0 Å². The van der Waals surface area contributed by atoms with Crippen LogP contribution in [0.25, 0.3) is 11.1 Å². The van der Waals surface area contributed by atoms with Gasteiger partial charge in [0.25, 0.3) is 0 Å². The maximum Gasteiger partial charge on any atom is 0.127 e. The first-order valence-corrected chi connectivity index (χ1v) is 7.79. The molecule has 2 rings (SSSR count). The van der Waals surface area contributed by atoms with E-state index in [-0.39, 0.29) is 12.4 Å². The van der Waals surface area contributed by atoms with Gasteiger partial charge in [0.2, 0.25) is 0 Å². The number of hydrogen-bond acceptors (Lipinski definition) is 2. The van der Waals surface area contributed by atoms with Crippen LogP contribution in [0.2, 0.25) is 5.02 Å². The van der Waals surface area contributed by atoms with Crippen molar-refractivity contribution in [1.82, 2.24) is 5.32 Å². The van der Waals surface area contributed by atoms with Crippen LogP contribution in [-0.4, -0.2) is 19.2 Å². The minimum Gasteiger partial charge on any atom is -0.493 e. The number of rotatable bonds is 7. The molecule has 0 heterocycles.